The third-order valence-electron chi connectivity index (χ3n) is 5.73. The van der Waals surface area contributed by atoms with Crippen molar-refractivity contribution in [1.29, 1.82) is 0 Å². The smallest absolute Gasteiger partial charge is 0.379 e. The van der Waals surface area contributed by atoms with Crippen molar-refractivity contribution in [3.8, 4) is 0 Å². The van der Waals surface area contributed by atoms with Gasteiger partial charge in [0.1, 0.15) is 11.4 Å². The summed E-state index contributed by atoms with van der Waals surface area (Å²) in [6, 6.07) is 6.58. The van der Waals surface area contributed by atoms with Crippen molar-refractivity contribution in [1.82, 2.24) is 20.0 Å². The average Bonchev–Trinajstić information content (AvgIpc) is 3.20. The zero-order valence-electron chi connectivity index (χ0n) is 17.1. The van der Waals surface area contributed by atoms with E-state index in [0.29, 0.717) is 19.8 Å². The first kappa shape index (κ1) is 21.6. The van der Waals surface area contributed by atoms with Crippen molar-refractivity contribution >= 4 is 11.7 Å². The Bertz CT molecular complexity index is 881. The molecular weight excluding hydrogens is 411 g/mol. The van der Waals surface area contributed by atoms with Crippen LogP contribution in [0.2, 0.25) is 0 Å². The number of benzene rings is 1. The second-order valence-electron chi connectivity index (χ2n) is 7.82. The van der Waals surface area contributed by atoms with E-state index in [1.807, 2.05) is 6.07 Å². The number of amides is 1. The van der Waals surface area contributed by atoms with Crippen molar-refractivity contribution in [2.45, 2.75) is 31.1 Å². The SMILES string of the molecule is O=C(NCCCN1CCOCC1)c1cnn2c1NC(c1ccccc1)CC2C(F)(F)F. The molecular formula is C21H26F3N5O2. The largest absolute Gasteiger partial charge is 0.410 e. The minimum atomic E-state index is -4.47. The number of anilines is 1. The van der Waals surface area contributed by atoms with E-state index in [4.69, 9.17) is 4.74 Å². The lowest BCUT2D eigenvalue weighted by Crippen LogP contribution is -2.38. The molecule has 1 aromatic carbocycles. The van der Waals surface area contributed by atoms with E-state index in [9.17, 15) is 18.0 Å². The van der Waals surface area contributed by atoms with E-state index in [-0.39, 0.29) is 17.8 Å². The minimum absolute atomic E-state index is 0.105. The Morgan fingerprint density at radius 1 is 1.23 bits per heavy atom. The second kappa shape index (κ2) is 9.27. The van der Waals surface area contributed by atoms with Crippen LogP contribution in [-0.4, -0.2) is 66.2 Å². The van der Waals surface area contributed by atoms with Crippen LogP contribution in [0, 0.1) is 0 Å². The van der Waals surface area contributed by atoms with E-state index < -0.39 is 24.2 Å². The maximum absolute atomic E-state index is 13.7. The van der Waals surface area contributed by atoms with Gasteiger partial charge in [0.05, 0.1) is 25.5 Å². The highest BCUT2D eigenvalue weighted by Gasteiger charge is 2.47. The van der Waals surface area contributed by atoms with Crippen LogP contribution in [0.25, 0.3) is 0 Å². The molecule has 7 nitrogen and oxygen atoms in total. The summed E-state index contributed by atoms with van der Waals surface area (Å²) >= 11 is 0. The summed E-state index contributed by atoms with van der Waals surface area (Å²) in [5.41, 5.74) is 0.863. The van der Waals surface area contributed by atoms with Crippen LogP contribution in [0.3, 0.4) is 0 Å². The number of fused-ring (bicyclic) bond motifs is 1. The summed E-state index contributed by atoms with van der Waals surface area (Å²) in [5.74, 6) is -0.321. The predicted molar refractivity (Wildman–Crippen MR) is 109 cm³/mol. The van der Waals surface area contributed by atoms with Gasteiger partial charge in [0.15, 0.2) is 6.04 Å². The molecule has 0 radical (unpaired) electrons. The van der Waals surface area contributed by atoms with Crippen LogP contribution < -0.4 is 10.6 Å². The molecule has 0 spiro atoms. The third-order valence-corrected chi connectivity index (χ3v) is 5.73. The van der Waals surface area contributed by atoms with Gasteiger partial charge < -0.3 is 15.4 Å². The monoisotopic (exact) mass is 437 g/mol. The zero-order chi connectivity index (χ0) is 21.8. The number of halogens is 3. The van der Waals surface area contributed by atoms with E-state index in [2.05, 4.69) is 20.6 Å². The van der Waals surface area contributed by atoms with Crippen LogP contribution in [0.5, 0.6) is 0 Å². The van der Waals surface area contributed by atoms with Crippen LogP contribution in [-0.2, 0) is 4.74 Å². The van der Waals surface area contributed by atoms with Gasteiger partial charge in [0.25, 0.3) is 5.91 Å². The van der Waals surface area contributed by atoms with Gasteiger partial charge in [-0.25, -0.2) is 4.68 Å². The highest BCUT2D eigenvalue weighted by Crippen LogP contribution is 2.44. The maximum atomic E-state index is 13.7. The van der Waals surface area contributed by atoms with E-state index in [1.165, 1.54) is 6.20 Å². The number of nitrogens with zero attached hydrogens (tertiary/aromatic N) is 3. The first-order valence-electron chi connectivity index (χ1n) is 10.5. The first-order chi connectivity index (χ1) is 14.9. The van der Waals surface area contributed by atoms with E-state index in [0.717, 1.165) is 36.3 Å². The van der Waals surface area contributed by atoms with Crippen LogP contribution in [0.4, 0.5) is 19.0 Å². The van der Waals surface area contributed by atoms with Gasteiger partial charge in [-0.3, -0.25) is 9.69 Å². The molecule has 2 N–H and O–H groups in total. The molecule has 2 unspecified atom stereocenters. The quantitative estimate of drug-likeness (QED) is 0.680. The molecule has 0 bridgehead atoms. The number of hydrogen-bond donors (Lipinski definition) is 2. The molecule has 2 atom stereocenters. The molecule has 1 aromatic heterocycles. The Morgan fingerprint density at radius 2 is 1.97 bits per heavy atom. The van der Waals surface area contributed by atoms with Gasteiger partial charge in [-0.2, -0.15) is 18.3 Å². The van der Waals surface area contributed by atoms with Gasteiger partial charge in [-0.15, -0.1) is 0 Å². The number of morpholine rings is 1. The number of aromatic nitrogens is 2. The lowest BCUT2D eigenvalue weighted by Gasteiger charge is -2.34. The summed E-state index contributed by atoms with van der Waals surface area (Å²) in [6.07, 6.45) is -2.70. The van der Waals surface area contributed by atoms with Gasteiger partial charge in [0, 0.05) is 26.1 Å². The molecule has 1 fully saturated rings. The number of alkyl halides is 3. The number of rotatable bonds is 6. The Balaban J connectivity index is 1.45. The molecule has 2 aliphatic rings. The van der Waals surface area contributed by atoms with Gasteiger partial charge in [-0.1, -0.05) is 30.3 Å². The highest BCUT2D eigenvalue weighted by atomic mass is 19.4. The van der Waals surface area contributed by atoms with Crippen molar-refractivity contribution in [3.63, 3.8) is 0 Å². The van der Waals surface area contributed by atoms with Crippen LogP contribution >= 0.6 is 0 Å². The second-order valence-corrected chi connectivity index (χ2v) is 7.82. The highest BCUT2D eigenvalue weighted by molar-refractivity contribution is 5.98. The number of carbonyl (C=O) groups is 1. The molecule has 4 rings (SSSR count). The zero-order valence-corrected chi connectivity index (χ0v) is 17.1. The molecule has 168 valence electrons. The summed E-state index contributed by atoms with van der Waals surface area (Å²) < 4.78 is 47.4. The van der Waals surface area contributed by atoms with Crippen molar-refractivity contribution in [2.75, 3.05) is 44.7 Å². The summed E-state index contributed by atoms with van der Waals surface area (Å²) in [4.78, 5) is 15.0. The number of carbonyl (C=O) groups excluding carboxylic acids is 1. The molecule has 2 aliphatic heterocycles. The molecule has 31 heavy (non-hydrogen) atoms. The Labute approximate surface area is 178 Å². The normalized spacial score (nSPS) is 21.9. The lowest BCUT2D eigenvalue weighted by molar-refractivity contribution is -0.173. The number of nitrogens with one attached hydrogen (secondary N) is 2. The van der Waals surface area contributed by atoms with Crippen molar-refractivity contribution in [2.24, 2.45) is 0 Å². The number of ether oxygens (including phenoxy) is 1. The minimum Gasteiger partial charge on any atom is -0.379 e. The van der Waals surface area contributed by atoms with Crippen LogP contribution in [0.15, 0.2) is 36.5 Å². The van der Waals surface area contributed by atoms with Gasteiger partial charge in [0.2, 0.25) is 0 Å². The standard InChI is InChI=1S/C21H26F3N5O2/c22-21(23,24)18-13-17(15-5-2-1-3-6-15)27-19-16(14-26-29(18)19)20(30)25-7-4-8-28-9-11-31-12-10-28/h1-3,5-6,14,17-18,27H,4,7-13H2,(H,25,30). The molecule has 0 aliphatic carbocycles. The van der Waals surface area contributed by atoms with E-state index in [1.54, 1.807) is 24.3 Å². The third kappa shape index (κ3) is 5.01. The Hall–Kier alpha value is -2.59. The van der Waals surface area contributed by atoms with Gasteiger partial charge >= 0.3 is 6.18 Å². The molecule has 0 saturated carbocycles. The van der Waals surface area contributed by atoms with Crippen LogP contribution in [0.1, 0.15) is 40.8 Å². The van der Waals surface area contributed by atoms with Crippen molar-refractivity contribution < 1.29 is 22.7 Å². The molecule has 1 saturated heterocycles. The maximum Gasteiger partial charge on any atom is 0.410 e. The molecule has 3 heterocycles. The van der Waals surface area contributed by atoms with Crippen molar-refractivity contribution in [3.05, 3.63) is 47.7 Å². The van der Waals surface area contributed by atoms with Gasteiger partial charge in [-0.05, 0) is 18.5 Å². The summed E-state index contributed by atoms with van der Waals surface area (Å²) in [7, 11) is 0. The number of hydrogen-bond acceptors (Lipinski definition) is 5. The summed E-state index contributed by atoms with van der Waals surface area (Å²) in [6.45, 7) is 4.43. The fourth-order valence-corrected chi connectivity index (χ4v) is 4.06. The van der Waals surface area contributed by atoms with E-state index >= 15 is 0 Å². The first-order valence-corrected chi connectivity index (χ1v) is 10.5. The molecule has 10 heteroatoms. The summed E-state index contributed by atoms with van der Waals surface area (Å²) in [5, 5.41) is 9.82. The average molecular weight is 437 g/mol. The Kier molecular flexibility index (Phi) is 6.47. The molecule has 2 aromatic rings. The lowest BCUT2D eigenvalue weighted by atomic mass is 9.96. The Morgan fingerprint density at radius 3 is 2.68 bits per heavy atom. The fourth-order valence-electron chi connectivity index (χ4n) is 4.06. The molecule has 1 amide bonds. The predicted octanol–water partition coefficient (Wildman–Crippen LogP) is 3.00. The topological polar surface area (TPSA) is 71.4 Å². The fraction of sp³-hybridized carbons (Fsp3) is 0.524.